The van der Waals surface area contributed by atoms with E-state index < -0.39 is 17.8 Å². The zero-order chi connectivity index (χ0) is 19.2. The molecule has 0 saturated heterocycles. The summed E-state index contributed by atoms with van der Waals surface area (Å²) in [6.07, 6.45) is -2.14. The third-order valence-corrected chi connectivity index (χ3v) is 4.15. The maximum Gasteiger partial charge on any atom is 0.416 e. The molecule has 0 saturated carbocycles. The van der Waals surface area contributed by atoms with Gasteiger partial charge in [0.2, 0.25) is 5.91 Å². The molecule has 0 aromatic heterocycles. The minimum atomic E-state index is -4.33. The third-order valence-electron chi connectivity index (χ3n) is 4.15. The first-order chi connectivity index (χ1) is 12.3. The Bertz CT molecular complexity index is 709. The average Bonchev–Trinajstić information content (AvgIpc) is 2.62. The van der Waals surface area contributed by atoms with Gasteiger partial charge < -0.3 is 11.1 Å². The van der Waals surface area contributed by atoms with E-state index >= 15 is 0 Å². The first-order valence-corrected chi connectivity index (χ1v) is 8.61. The zero-order valence-corrected chi connectivity index (χ0v) is 14.6. The van der Waals surface area contributed by atoms with Crippen LogP contribution in [0.15, 0.2) is 48.5 Å². The Labute approximate surface area is 151 Å². The fourth-order valence-corrected chi connectivity index (χ4v) is 2.62. The van der Waals surface area contributed by atoms with Crippen molar-refractivity contribution in [3.8, 4) is 11.1 Å². The van der Waals surface area contributed by atoms with Gasteiger partial charge in [-0.1, -0.05) is 49.7 Å². The first kappa shape index (κ1) is 20.0. The Kier molecular flexibility index (Phi) is 6.80. The summed E-state index contributed by atoms with van der Waals surface area (Å²) in [6.45, 7) is 2.47. The van der Waals surface area contributed by atoms with Gasteiger partial charge in [-0.2, -0.15) is 13.2 Å². The molecule has 140 valence electrons. The van der Waals surface area contributed by atoms with Crippen molar-refractivity contribution in [3.05, 3.63) is 59.7 Å². The lowest BCUT2D eigenvalue weighted by Gasteiger charge is -2.11. The summed E-state index contributed by atoms with van der Waals surface area (Å²) in [6, 6.07) is 12.2. The molecule has 0 radical (unpaired) electrons. The third kappa shape index (κ3) is 5.59. The Morgan fingerprint density at radius 1 is 1.04 bits per heavy atom. The molecule has 2 aromatic rings. The van der Waals surface area contributed by atoms with Crippen molar-refractivity contribution in [1.29, 1.82) is 0 Å². The lowest BCUT2D eigenvalue weighted by atomic mass is 10.0. The van der Waals surface area contributed by atoms with Gasteiger partial charge in [0.05, 0.1) is 11.6 Å². The SMILES string of the molecule is CCC[C@H](N)C(=O)NCCc1ccc(-c2ccc(C(F)(F)F)cc2)cc1. The van der Waals surface area contributed by atoms with Crippen LogP contribution in [0.5, 0.6) is 0 Å². The van der Waals surface area contributed by atoms with Crippen LogP contribution in [0.2, 0.25) is 0 Å². The summed E-state index contributed by atoms with van der Waals surface area (Å²) in [5.74, 6) is -0.145. The van der Waals surface area contributed by atoms with Gasteiger partial charge in [-0.15, -0.1) is 0 Å². The maximum atomic E-state index is 12.6. The molecule has 3 N–H and O–H groups in total. The Morgan fingerprint density at radius 2 is 1.58 bits per heavy atom. The second kappa shape index (κ2) is 8.85. The van der Waals surface area contributed by atoms with E-state index in [-0.39, 0.29) is 5.91 Å². The second-order valence-corrected chi connectivity index (χ2v) is 6.21. The van der Waals surface area contributed by atoms with E-state index in [2.05, 4.69) is 5.32 Å². The number of carbonyl (C=O) groups excluding carboxylic acids is 1. The molecule has 3 nitrogen and oxygen atoms in total. The van der Waals surface area contributed by atoms with Crippen LogP contribution in [0.1, 0.15) is 30.9 Å². The van der Waals surface area contributed by atoms with Gasteiger partial charge in [0.1, 0.15) is 0 Å². The molecule has 6 heteroatoms. The molecule has 1 atom stereocenters. The maximum absolute atomic E-state index is 12.6. The molecule has 26 heavy (non-hydrogen) atoms. The van der Waals surface area contributed by atoms with Crippen LogP contribution >= 0.6 is 0 Å². The Balaban J connectivity index is 1.91. The van der Waals surface area contributed by atoms with E-state index in [9.17, 15) is 18.0 Å². The Hall–Kier alpha value is -2.34. The molecular formula is C20H23F3N2O. The van der Waals surface area contributed by atoms with Gasteiger partial charge in [-0.25, -0.2) is 0 Å². The number of carbonyl (C=O) groups is 1. The number of benzene rings is 2. The predicted molar refractivity (Wildman–Crippen MR) is 96.5 cm³/mol. The highest BCUT2D eigenvalue weighted by Gasteiger charge is 2.29. The highest BCUT2D eigenvalue weighted by Crippen LogP contribution is 2.31. The van der Waals surface area contributed by atoms with E-state index in [4.69, 9.17) is 5.73 Å². The quantitative estimate of drug-likeness (QED) is 0.775. The molecule has 0 unspecified atom stereocenters. The summed E-state index contributed by atoms with van der Waals surface area (Å²) in [7, 11) is 0. The molecule has 0 fully saturated rings. The first-order valence-electron chi connectivity index (χ1n) is 8.61. The van der Waals surface area contributed by atoms with E-state index in [1.807, 2.05) is 31.2 Å². The minimum absolute atomic E-state index is 0.145. The Morgan fingerprint density at radius 3 is 2.08 bits per heavy atom. The number of alkyl halides is 3. The topological polar surface area (TPSA) is 55.1 Å². The van der Waals surface area contributed by atoms with Crippen molar-refractivity contribution in [3.63, 3.8) is 0 Å². The van der Waals surface area contributed by atoms with Crippen LogP contribution in [0.3, 0.4) is 0 Å². The molecule has 0 bridgehead atoms. The van der Waals surface area contributed by atoms with Gasteiger partial charge in [0.25, 0.3) is 0 Å². The summed E-state index contributed by atoms with van der Waals surface area (Å²) in [5.41, 5.74) is 7.69. The number of nitrogens with two attached hydrogens (primary N) is 1. The van der Waals surface area contributed by atoms with Crippen molar-refractivity contribution in [2.24, 2.45) is 5.73 Å². The predicted octanol–water partition coefficient (Wildman–Crippen LogP) is 4.16. The van der Waals surface area contributed by atoms with Crippen molar-refractivity contribution >= 4 is 5.91 Å². The van der Waals surface area contributed by atoms with Crippen LogP contribution in [0.4, 0.5) is 13.2 Å². The lowest BCUT2D eigenvalue weighted by molar-refractivity contribution is -0.137. The number of hydrogen-bond donors (Lipinski definition) is 2. The molecular weight excluding hydrogens is 341 g/mol. The number of hydrogen-bond acceptors (Lipinski definition) is 2. The van der Waals surface area contributed by atoms with Crippen LogP contribution < -0.4 is 11.1 Å². The summed E-state index contributed by atoms with van der Waals surface area (Å²) >= 11 is 0. The van der Waals surface area contributed by atoms with Crippen LogP contribution in [-0.4, -0.2) is 18.5 Å². The number of rotatable bonds is 7. The lowest BCUT2D eigenvalue weighted by Crippen LogP contribution is -2.41. The number of amides is 1. The van der Waals surface area contributed by atoms with E-state index in [0.29, 0.717) is 19.4 Å². The van der Waals surface area contributed by atoms with Crippen LogP contribution in [-0.2, 0) is 17.4 Å². The highest BCUT2D eigenvalue weighted by molar-refractivity contribution is 5.81. The fraction of sp³-hybridized carbons (Fsp3) is 0.350. The molecule has 0 aliphatic heterocycles. The molecule has 0 aliphatic carbocycles. The van der Waals surface area contributed by atoms with Crippen LogP contribution in [0, 0.1) is 0 Å². The van der Waals surface area contributed by atoms with Crippen molar-refractivity contribution < 1.29 is 18.0 Å². The molecule has 0 spiro atoms. The summed E-state index contributed by atoms with van der Waals surface area (Å²) in [4.78, 5) is 11.7. The normalized spacial score (nSPS) is 12.7. The minimum Gasteiger partial charge on any atom is -0.354 e. The van der Waals surface area contributed by atoms with Gasteiger partial charge in [-0.3, -0.25) is 4.79 Å². The van der Waals surface area contributed by atoms with E-state index in [0.717, 1.165) is 35.2 Å². The molecule has 0 heterocycles. The average molecular weight is 364 g/mol. The summed E-state index contributed by atoms with van der Waals surface area (Å²) < 4.78 is 37.8. The molecule has 2 rings (SSSR count). The van der Waals surface area contributed by atoms with Gasteiger partial charge in [0, 0.05) is 6.54 Å². The van der Waals surface area contributed by atoms with Crippen molar-refractivity contribution in [2.75, 3.05) is 6.54 Å². The largest absolute Gasteiger partial charge is 0.416 e. The second-order valence-electron chi connectivity index (χ2n) is 6.21. The monoisotopic (exact) mass is 364 g/mol. The summed E-state index contributed by atoms with van der Waals surface area (Å²) in [5, 5.41) is 2.81. The molecule has 2 aromatic carbocycles. The smallest absolute Gasteiger partial charge is 0.354 e. The van der Waals surface area contributed by atoms with Crippen molar-refractivity contribution in [2.45, 2.75) is 38.4 Å². The molecule has 1 amide bonds. The fourth-order valence-electron chi connectivity index (χ4n) is 2.62. The highest BCUT2D eigenvalue weighted by atomic mass is 19.4. The zero-order valence-electron chi connectivity index (χ0n) is 14.6. The number of halogens is 3. The van der Waals surface area contributed by atoms with Gasteiger partial charge in [-0.05, 0) is 41.7 Å². The van der Waals surface area contributed by atoms with E-state index in [1.165, 1.54) is 12.1 Å². The van der Waals surface area contributed by atoms with Crippen molar-refractivity contribution in [1.82, 2.24) is 5.32 Å². The van der Waals surface area contributed by atoms with Gasteiger partial charge >= 0.3 is 6.18 Å². The number of nitrogens with one attached hydrogen (secondary N) is 1. The van der Waals surface area contributed by atoms with Gasteiger partial charge in [0.15, 0.2) is 0 Å². The van der Waals surface area contributed by atoms with E-state index in [1.54, 1.807) is 0 Å². The molecule has 0 aliphatic rings. The van der Waals surface area contributed by atoms with Crippen LogP contribution in [0.25, 0.3) is 11.1 Å². The standard InChI is InChI=1S/C20H23F3N2O/c1-2-3-18(24)19(26)25-13-12-14-4-6-15(7-5-14)16-8-10-17(11-9-16)20(21,22)23/h4-11,18H,2-3,12-13,24H2,1H3,(H,25,26)/t18-/m0/s1.